The van der Waals surface area contributed by atoms with Gasteiger partial charge in [-0.15, -0.1) is 6.58 Å². The first kappa shape index (κ1) is 27.1. The molecule has 3 aliphatic rings. The Bertz CT molecular complexity index is 1980. The second-order valence-electron chi connectivity index (χ2n) is 12.4. The predicted octanol–water partition coefficient (Wildman–Crippen LogP) is 8.91. The van der Waals surface area contributed by atoms with Crippen LogP contribution in [0.15, 0.2) is 116 Å². The Balaban J connectivity index is 0.000000133. The molecular weight excluding hydrogens is 540 g/mol. The molecule has 44 heavy (non-hydrogen) atoms. The third kappa shape index (κ3) is 4.32. The second kappa shape index (κ2) is 10.9. The van der Waals surface area contributed by atoms with Crippen molar-refractivity contribution >= 4 is 54.0 Å². The summed E-state index contributed by atoms with van der Waals surface area (Å²) in [5.74, 6) is 2.01. The van der Waals surface area contributed by atoms with Gasteiger partial charge in [-0.1, -0.05) is 78.9 Å². The summed E-state index contributed by atoms with van der Waals surface area (Å²) in [5, 5.41) is 23.0. The number of methoxy groups -OCH3 is 1. The lowest BCUT2D eigenvalue weighted by atomic mass is 9.73. The zero-order chi connectivity index (χ0) is 29.8. The van der Waals surface area contributed by atoms with Crippen molar-refractivity contribution in [3.05, 3.63) is 121 Å². The molecule has 6 aromatic carbocycles. The van der Waals surface area contributed by atoms with Crippen LogP contribution in [0.2, 0.25) is 0 Å². The Kier molecular flexibility index (Phi) is 6.70. The Labute approximate surface area is 257 Å². The van der Waals surface area contributed by atoms with E-state index in [4.69, 9.17) is 4.74 Å². The smallest absolute Gasteiger partial charge is 0.119 e. The number of rotatable bonds is 4. The van der Waals surface area contributed by atoms with Gasteiger partial charge in [0.15, 0.2) is 0 Å². The number of hydrogen-bond acceptors (Lipinski definition) is 4. The third-order valence-electron chi connectivity index (χ3n) is 10.2. The number of aromatic nitrogens is 1. The molecule has 3 aliphatic heterocycles. The van der Waals surface area contributed by atoms with Crippen LogP contribution in [0.1, 0.15) is 24.5 Å². The van der Waals surface area contributed by atoms with Crippen LogP contribution in [0.25, 0.3) is 54.0 Å². The van der Waals surface area contributed by atoms with Gasteiger partial charge in [0, 0.05) is 24.2 Å². The van der Waals surface area contributed by atoms with E-state index in [0.717, 1.165) is 41.7 Å². The van der Waals surface area contributed by atoms with Crippen molar-refractivity contribution in [2.75, 3.05) is 20.2 Å². The molecule has 1 N–H and O–H groups in total. The fourth-order valence-corrected chi connectivity index (χ4v) is 8.02. The number of aliphatic hydroxyl groups excluding tert-OH is 1. The number of nitrogens with zero attached hydrogens (tertiary/aromatic N) is 2. The fourth-order valence-electron chi connectivity index (χ4n) is 8.02. The molecule has 0 spiro atoms. The minimum absolute atomic E-state index is 0.178. The topological polar surface area (TPSA) is 45.6 Å². The molecule has 4 nitrogen and oxygen atoms in total. The zero-order valence-electron chi connectivity index (χ0n) is 25.0. The summed E-state index contributed by atoms with van der Waals surface area (Å²) in [6, 6.07) is 34.4. The van der Waals surface area contributed by atoms with Crippen LogP contribution in [-0.4, -0.2) is 41.2 Å². The normalized spacial score (nSPS) is 22.0. The molecule has 0 saturated carbocycles. The zero-order valence-corrected chi connectivity index (χ0v) is 25.0. The lowest BCUT2D eigenvalue weighted by Gasteiger charge is -2.50. The number of aliphatic hydroxyl groups is 1. The number of ether oxygens (including phenoxy) is 1. The van der Waals surface area contributed by atoms with Gasteiger partial charge in [0.1, 0.15) is 5.75 Å². The molecule has 4 heterocycles. The molecular formula is C40H36N2O2. The Morgan fingerprint density at radius 3 is 1.98 bits per heavy atom. The average Bonchev–Trinajstić information content (AvgIpc) is 3.10. The van der Waals surface area contributed by atoms with Gasteiger partial charge in [0.05, 0.1) is 18.7 Å². The van der Waals surface area contributed by atoms with Gasteiger partial charge in [-0.2, -0.15) is 0 Å². The number of fused-ring (bicyclic) bond motifs is 6. The standard InChI is InChI=1S/C20H24N2O2.C20H12/c1-3-13-12-22-9-7-14(13)10-19(22)20(23)16-6-8-21-18-5-4-15(24-2)11-17(16)18;1-5-13-6-2-11-17-18-12-4-8-14-7-3-10-16(20(14)18)15(9-1)19(13)17/h3-6,8,11,13-14,19-20,23H,1,7,9-10,12H2,2H3;1-12H/t13-,14-,19-,20+;/m0./s1. The van der Waals surface area contributed by atoms with Crippen LogP contribution in [0.4, 0.5) is 0 Å². The maximum absolute atomic E-state index is 11.2. The summed E-state index contributed by atoms with van der Waals surface area (Å²) in [4.78, 5) is 6.86. The quantitative estimate of drug-likeness (QED) is 0.129. The van der Waals surface area contributed by atoms with Gasteiger partial charge in [0.25, 0.3) is 0 Å². The largest absolute Gasteiger partial charge is 0.497 e. The van der Waals surface area contributed by atoms with Gasteiger partial charge in [-0.05, 0) is 104 Å². The molecule has 7 aromatic rings. The minimum atomic E-state index is -0.504. The first-order valence-electron chi connectivity index (χ1n) is 15.7. The Hall–Kier alpha value is -4.51. The van der Waals surface area contributed by atoms with Crippen LogP contribution < -0.4 is 4.74 Å². The molecule has 1 aromatic heterocycles. The second-order valence-corrected chi connectivity index (χ2v) is 12.4. The first-order valence-corrected chi connectivity index (χ1v) is 15.7. The fraction of sp³-hybridized carbons (Fsp3) is 0.225. The van der Waals surface area contributed by atoms with E-state index in [1.165, 1.54) is 49.5 Å². The lowest BCUT2D eigenvalue weighted by Crippen LogP contribution is -2.54. The van der Waals surface area contributed by atoms with E-state index in [0.29, 0.717) is 11.8 Å². The summed E-state index contributed by atoms with van der Waals surface area (Å²) in [5.41, 5.74) is 1.85. The summed E-state index contributed by atoms with van der Waals surface area (Å²) < 4.78 is 5.35. The van der Waals surface area contributed by atoms with E-state index in [1.807, 2.05) is 24.3 Å². The molecule has 10 rings (SSSR count). The Morgan fingerprint density at radius 2 is 1.45 bits per heavy atom. The van der Waals surface area contributed by atoms with Crippen LogP contribution in [0.5, 0.6) is 5.75 Å². The van der Waals surface area contributed by atoms with Crippen LogP contribution in [0.3, 0.4) is 0 Å². The summed E-state index contributed by atoms with van der Waals surface area (Å²) in [6.45, 7) is 6.07. The van der Waals surface area contributed by atoms with E-state index in [9.17, 15) is 5.11 Å². The van der Waals surface area contributed by atoms with Crippen molar-refractivity contribution in [1.29, 1.82) is 0 Å². The molecule has 2 bridgehead atoms. The maximum atomic E-state index is 11.2. The van der Waals surface area contributed by atoms with E-state index in [-0.39, 0.29) is 6.04 Å². The monoisotopic (exact) mass is 576 g/mol. The van der Waals surface area contributed by atoms with E-state index >= 15 is 0 Å². The molecule has 0 aliphatic carbocycles. The van der Waals surface area contributed by atoms with Crippen molar-refractivity contribution in [3.8, 4) is 5.75 Å². The number of pyridine rings is 1. The molecule has 3 saturated heterocycles. The molecule has 4 heteroatoms. The summed E-state index contributed by atoms with van der Waals surface area (Å²) in [6.07, 6.45) is 5.62. The molecule has 3 fully saturated rings. The molecule has 0 amide bonds. The van der Waals surface area contributed by atoms with Gasteiger partial charge in [-0.3, -0.25) is 9.88 Å². The highest BCUT2D eigenvalue weighted by Crippen LogP contribution is 2.43. The van der Waals surface area contributed by atoms with Crippen molar-refractivity contribution in [2.24, 2.45) is 11.8 Å². The maximum Gasteiger partial charge on any atom is 0.119 e. The number of benzene rings is 6. The first-order chi connectivity index (χ1) is 21.6. The summed E-state index contributed by atoms with van der Waals surface area (Å²) >= 11 is 0. The van der Waals surface area contributed by atoms with Crippen LogP contribution in [0, 0.1) is 11.8 Å². The van der Waals surface area contributed by atoms with Crippen molar-refractivity contribution in [1.82, 2.24) is 9.88 Å². The van der Waals surface area contributed by atoms with Crippen molar-refractivity contribution < 1.29 is 9.84 Å². The SMILES string of the molecule is C=C[C@H]1C[N@]2CC[C@H]1C[C@H]2[C@H](O)c1ccnc2ccc(OC)cc12.c1cc2cccc3c4cccc5cccc(c(c1)c23)c54. The Morgan fingerprint density at radius 1 is 0.841 bits per heavy atom. The third-order valence-corrected chi connectivity index (χ3v) is 10.2. The molecule has 5 atom stereocenters. The van der Waals surface area contributed by atoms with Gasteiger partial charge >= 0.3 is 0 Å². The van der Waals surface area contributed by atoms with Gasteiger partial charge in [0.2, 0.25) is 0 Å². The average molecular weight is 577 g/mol. The van der Waals surface area contributed by atoms with E-state index in [2.05, 4.69) is 95.3 Å². The highest BCUT2D eigenvalue weighted by atomic mass is 16.5. The lowest BCUT2D eigenvalue weighted by molar-refractivity contribution is -0.0444. The van der Waals surface area contributed by atoms with E-state index in [1.54, 1.807) is 13.3 Å². The van der Waals surface area contributed by atoms with Crippen molar-refractivity contribution in [2.45, 2.75) is 25.0 Å². The van der Waals surface area contributed by atoms with E-state index < -0.39 is 6.10 Å². The summed E-state index contributed by atoms with van der Waals surface area (Å²) in [7, 11) is 1.66. The highest BCUT2D eigenvalue weighted by molar-refractivity contribution is 6.32. The predicted molar refractivity (Wildman–Crippen MR) is 183 cm³/mol. The van der Waals surface area contributed by atoms with Crippen LogP contribution >= 0.6 is 0 Å². The van der Waals surface area contributed by atoms with Crippen molar-refractivity contribution in [3.63, 3.8) is 0 Å². The van der Waals surface area contributed by atoms with Crippen LogP contribution in [-0.2, 0) is 0 Å². The highest BCUT2D eigenvalue weighted by Gasteiger charge is 2.42. The molecule has 0 unspecified atom stereocenters. The van der Waals surface area contributed by atoms with Gasteiger partial charge < -0.3 is 9.84 Å². The van der Waals surface area contributed by atoms with Gasteiger partial charge in [-0.25, -0.2) is 0 Å². The molecule has 218 valence electrons. The minimum Gasteiger partial charge on any atom is -0.497 e. The molecule has 0 radical (unpaired) electrons. The number of hydrogen-bond donors (Lipinski definition) is 1. The number of piperidine rings is 3.